The Kier molecular flexibility index (Phi) is 4.91. The van der Waals surface area contributed by atoms with Gasteiger partial charge in [-0.1, -0.05) is 12.1 Å². The van der Waals surface area contributed by atoms with Crippen LogP contribution in [0.4, 0.5) is 4.79 Å². The summed E-state index contributed by atoms with van der Waals surface area (Å²) in [6.45, 7) is 1.42. The summed E-state index contributed by atoms with van der Waals surface area (Å²) < 4.78 is 16.3. The Morgan fingerprint density at radius 2 is 2.00 bits per heavy atom. The number of fused-ring (bicyclic) bond motifs is 2. The molecule has 0 atom stereocenters. The van der Waals surface area contributed by atoms with Gasteiger partial charge >= 0.3 is 6.03 Å². The van der Waals surface area contributed by atoms with E-state index in [4.69, 9.17) is 14.2 Å². The van der Waals surface area contributed by atoms with E-state index in [1.165, 1.54) is 0 Å². The van der Waals surface area contributed by atoms with E-state index in [0.717, 1.165) is 28.0 Å². The van der Waals surface area contributed by atoms with Gasteiger partial charge in [-0.3, -0.25) is 4.98 Å². The zero-order valence-corrected chi connectivity index (χ0v) is 14.6. The molecule has 0 saturated heterocycles. The van der Waals surface area contributed by atoms with Crippen molar-refractivity contribution in [2.45, 2.75) is 6.54 Å². The zero-order valence-electron chi connectivity index (χ0n) is 14.6. The van der Waals surface area contributed by atoms with Crippen LogP contribution < -0.4 is 24.8 Å². The lowest BCUT2D eigenvalue weighted by Crippen LogP contribution is -2.37. The maximum atomic E-state index is 11.9. The van der Waals surface area contributed by atoms with E-state index in [2.05, 4.69) is 15.6 Å². The van der Waals surface area contributed by atoms with Crippen LogP contribution in [0.15, 0.2) is 54.7 Å². The first-order valence-electron chi connectivity index (χ1n) is 8.66. The molecule has 0 fully saturated rings. The SMILES string of the molecule is O=C(NCCOc1ccc2ncccc2c1)NCc1ccc2c(c1)OCO2. The summed E-state index contributed by atoms with van der Waals surface area (Å²) in [5.74, 6) is 2.18. The lowest BCUT2D eigenvalue weighted by atomic mass is 10.2. The first-order chi connectivity index (χ1) is 13.3. The van der Waals surface area contributed by atoms with Gasteiger partial charge in [0.2, 0.25) is 6.79 Å². The molecule has 7 heteroatoms. The van der Waals surface area contributed by atoms with Crippen LogP contribution in [-0.2, 0) is 6.54 Å². The van der Waals surface area contributed by atoms with Crippen LogP contribution in [0.1, 0.15) is 5.56 Å². The molecule has 0 bridgehead atoms. The van der Waals surface area contributed by atoms with Gasteiger partial charge in [0.1, 0.15) is 12.4 Å². The Bertz CT molecular complexity index is 961. The smallest absolute Gasteiger partial charge is 0.315 e. The molecule has 138 valence electrons. The Balaban J connectivity index is 1.19. The minimum Gasteiger partial charge on any atom is -0.492 e. The molecule has 4 rings (SSSR count). The largest absolute Gasteiger partial charge is 0.492 e. The number of hydrogen-bond donors (Lipinski definition) is 2. The maximum Gasteiger partial charge on any atom is 0.315 e. The van der Waals surface area contributed by atoms with Crippen molar-refractivity contribution < 1.29 is 19.0 Å². The molecule has 27 heavy (non-hydrogen) atoms. The average Bonchev–Trinajstić information content (AvgIpc) is 3.17. The van der Waals surface area contributed by atoms with Crippen molar-refractivity contribution in [2.75, 3.05) is 19.9 Å². The number of ether oxygens (including phenoxy) is 3. The fourth-order valence-corrected chi connectivity index (χ4v) is 2.77. The molecular weight excluding hydrogens is 346 g/mol. The Morgan fingerprint density at radius 3 is 2.96 bits per heavy atom. The molecule has 3 aromatic rings. The van der Waals surface area contributed by atoms with Crippen molar-refractivity contribution in [2.24, 2.45) is 0 Å². The second-order valence-electron chi connectivity index (χ2n) is 6.00. The predicted molar refractivity (Wildman–Crippen MR) is 100 cm³/mol. The van der Waals surface area contributed by atoms with Gasteiger partial charge in [0.05, 0.1) is 12.1 Å². The van der Waals surface area contributed by atoms with Crippen molar-refractivity contribution >= 4 is 16.9 Å². The number of aromatic nitrogens is 1. The lowest BCUT2D eigenvalue weighted by molar-refractivity contribution is 0.174. The van der Waals surface area contributed by atoms with Crippen LogP contribution >= 0.6 is 0 Å². The van der Waals surface area contributed by atoms with E-state index in [1.807, 2.05) is 48.5 Å². The summed E-state index contributed by atoms with van der Waals surface area (Å²) in [6.07, 6.45) is 1.76. The number of carbonyl (C=O) groups is 1. The van der Waals surface area contributed by atoms with Crippen molar-refractivity contribution in [1.29, 1.82) is 0 Å². The van der Waals surface area contributed by atoms with Gasteiger partial charge in [0, 0.05) is 18.1 Å². The van der Waals surface area contributed by atoms with Gasteiger partial charge in [-0.25, -0.2) is 4.79 Å². The van der Waals surface area contributed by atoms with Crippen LogP contribution in [0, 0.1) is 0 Å². The second kappa shape index (κ2) is 7.82. The van der Waals surface area contributed by atoms with E-state index in [1.54, 1.807) is 6.20 Å². The van der Waals surface area contributed by atoms with E-state index >= 15 is 0 Å². The number of nitrogens with one attached hydrogen (secondary N) is 2. The quantitative estimate of drug-likeness (QED) is 0.657. The molecule has 0 radical (unpaired) electrons. The van der Waals surface area contributed by atoms with Gasteiger partial charge in [-0.15, -0.1) is 0 Å². The van der Waals surface area contributed by atoms with E-state index in [-0.39, 0.29) is 12.8 Å². The molecule has 2 aromatic carbocycles. The van der Waals surface area contributed by atoms with Crippen molar-refractivity contribution in [3.05, 3.63) is 60.3 Å². The van der Waals surface area contributed by atoms with Gasteiger partial charge in [-0.2, -0.15) is 0 Å². The van der Waals surface area contributed by atoms with Gasteiger partial charge in [0.25, 0.3) is 0 Å². The normalized spacial score (nSPS) is 12.0. The summed E-state index contributed by atoms with van der Waals surface area (Å²) in [5, 5.41) is 6.59. The molecule has 1 aliphatic rings. The predicted octanol–water partition coefficient (Wildman–Crippen LogP) is 2.84. The molecule has 2 heterocycles. The number of rotatable bonds is 6. The summed E-state index contributed by atoms with van der Waals surface area (Å²) in [4.78, 5) is 16.2. The monoisotopic (exact) mass is 365 g/mol. The van der Waals surface area contributed by atoms with Crippen LogP contribution in [0.5, 0.6) is 17.2 Å². The summed E-state index contributed by atoms with van der Waals surface area (Å²) in [7, 11) is 0. The number of urea groups is 1. The van der Waals surface area contributed by atoms with Crippen molar-refractivity contribution in [3.63, 3.8) is 0 Å². The molecule has 0 aliphatic carbocycles. The molecule has 0 spiro atoms. The lowest BCUT2D eigenvalue weighted by Gasteiger charge is -2.10. The molecule has 0 saturated carbocycles. The molecule has 2 amide bonds. The van der Waals surface area contributed by atoms with Crippen LogP contribution in [-0.4, -0.2) is 31.0 Å². The molecule has 7 nitrogen and oxygen atoms in total. The Labute approximate surface area is 156 Å². The topological polar surface area (TPSA) is 81.7 Å². The first-order valence-corrected chi connectivity index (χ1v) is 8.66. The van der Waals surface area contributed by atoms with E-state index in [9.17, 15) is 4.79 Å². The average molecular weight is 365 g/mol. The minimum atomic E-state index is -0.251. The number of carbonyl (C=O) groups excluding carboxylic acids is 1. The van der Waals surface area contributed by atoms with E-state index < -0.39 is 0 Å². The third-order valence-electron chi connectivity index (χ3n) is 4.12. The highest BCUT2D eigenvalue weighted by atomic mass is 16.7. The Hall–Kier alpha value is -3.48. The third-order valence-corrected chi connectivity index (χ3v) is 4.12. The van der Waals surface area contributed by atoms with E-state index in [0.29, 0.717) is 25.4 Å². The summed E-state index contributed by atoms with van der Waals surface area (Å²) in [5.41, 5.74) is 1.86. The number of benzene rings is 2. The first kappa shape index (κ1) is 17.0. The summed E-state index contributed by atoms with van der Waals surface area (Å²) >= 11 is 0. The molecule has 2 N–H and O–H groups in total. The number of amides is 2. The summed E-state index contributed by atoms with van der Waals surface area (Å²) in [6, 6.07) is 14.9. The highest BCUT2D eigenvalue weighted by Crippen LogP contribution is 2.32. The zero-order chi connectivity index (χ0) is 18.5. The maximum absolute atomic E-state index is 11.9. The third kappa shape index (κ3) is 4.20. The highest BCUT2D eigenvalue weighted by molar-refractivity contribution is 5.79. The van der Waals surface area contributed by atoms with Gasteiger partial charge in [0.15, 0.2) is 11.5 Å². The molecular formula is C20H19N3O4. The molecule has 1 aliphatic heterocycles. The number of hydrogen-bond acceptors (Lipinski definition) is 5. The van der Waals surface area contributed by atoms with Crippen molar-refractivity contribution in [3.8, 4) is 17.2 Å². The highest BCUT2D eigenvalue weighted by Gasteiger charge is 2.13. The van der Waals surface area contributed by atoms with Crippen LogP contribution in [0.2, 0.25) is 0 Å². The van der Waals surface area contributed by atoms with Gasteiger partial charge < -0.3 is 24.8 Å². The van der Waals surface area contributed by atoms with Crippen LogP contribution in [0.25, 0.3) is 10.9 Å². The molecule has 0 unspecified atom stereocenters. The molecule has 1 aromatic heterocycles. The fourth-order valence-electron chi connectivity index (χ4n) is 2.77. The minimum absolute atomic E-state index is 0.237. The fraction of sp³-hybridized carbons (Fsp3) is 0.200. The second-order valence-corrected chi connectivity index (χ2v) is 6.00. The van der Waals surface area contributed by atoms with Crippen molar-refractivity contribution in [1.82, 2.24) is 15.6 Å². The number of pyridine rings is 1. The van der Waals surface area contributed by atoms with Gasteiger partial charge in [-0.05, 0) is 42.0 Å². The van der Waals surface area contributed by atoms with Crippen LogP contribution in [0.3, 0.4) is 0 Å². The standard InChI is InChI=1S/C20H19N3O4/c24-20(23-12-14-3-6-18-19(10-14)27-13-26-18)22-8-9-25-16-4-5-17-15(11-16)2-1-7-21-17/h1-7,10-11H,8-9,12-13H2,(H2,22,23,24). The number of nitrogens with zero attached hydrogens (tertiary/aromatic N) is 1. The Morgan fingerprint density at radius 1 is 1.07 bits per heavy atom.